The summed E-state index contributed by atoms with van der Waals surface area (Å²) in [5, 5.41) is 3.27. The molecule has 1 fully saturated rings. The number of carbonyl (C=O) groups excluding carboxylic acids is 1. The first-order valence-electron chi connectivity index (χ1n) is 5.83. The molecule has 1 N–H and O–H groups in total. The lowest BCUT2D eigenvalue weighted by Gasteiger charge is -2.34. The third-order valence-electron chi connectivity index (χ3n) is 2.63. The second-order valence-electron chi connectivity index (χ2n) is 4.00. The van der Waals surface area contributed by atoms with Crippen molar-refractivity contribution >= 4 is 5.91 Å². The SMILES string of the molecule is CCCOCCC(=O)N1CCNC[C@@H]1C. The Bertz CT molecular complexity index is 197. The maximum atomic E-state index is 11.8. The van der Waals surface area contributed by atoms with E-state index in [1.165, 1.54) is 0 Å². The van der Waals surface area contributed by atoms with Gasteiger partial charge in [0.15, 0.2) is 0 Å². The van der Waals surface area contributed by atoms with Crippen molar-refractivity contribution in [3.8, 4) is 0 Å². The number of carbonyl (C=O) groups is 1. The molecule has 0 spiro atoms. The molecule has 1 aliphatic heterocycles. The van der Waals surface area contributed by atoms with Crippen LogP contribution in [0.1, 0.15) is 26.7 Å². The van der Waals surface area contributed by atoms with Gasteiger partial charge < -0.3 is 15.0 Å². The summed E-state index contributed by atoms with van der Waals surface area (Å²) in [7, 11) is 0. The molecule has 0 aromatic heterocycles. The van der Waals surface area contributed by atoms with Crippen LogP contribution in [0.3, 0.4) is 0 Å². The van der Waals surface area contributed by atoms with Crippen LogP contribution < -0.4 is 5.32 Å². The van der Waals surface area contributed by atoms with E-state index in [0.717, 1.165) is 32.7 Å². The van der Waals surface area contributed by atoms with E-state index >= 15 is 0 Å². The predicted octanol–water partition coefficient (Wildman–Crippen LogP) is 0.623. The number of ether oxygens (including phenoxy) is 1. The summed E-state index contributed by atoms with van der Waals surface area (Å²) in [6.45, 7) is 8.10. The zero-order chi connectivity index (χ0) is 11.1. The average Bonchev–Trinajstić information content (AvgIpc) is 2.25. The Kier molecular flexibility index (Phi) is 5.65. The molecule has 4 heteroatoms. The third kappa shape index (κ3) is 4.18. The van der Waals surface area contributed by atoms with Crippen LogP contribution >= 0.6 is 0 Å². The zero-order valence-corrected chi connectivity index (χ0v) is 9.79. The van der Waals surface area contributed by atoms with Crippen LogP contribution in [0.4, 0.5) is 0 Å². The third-order valence-corrected chi connectivity index (χ3v) is 2.63. The van der Waals surface area contributed by atoms with Crippen LogP contribution in [-0.2, 0) is 9.53 Å². The lowest BCUT2D eigenvalue weighted by Crippen LogP contribution is -2.52. The van der Waals surface area contributed by atoms with Crippen LogP contribution in [0.25, 0.3) is 0 Å². The summed E-state index contributed by atoms with van der Waals surface area (Å²) < 4.78 is 5.32. The van der Waals surface area contributed by atoms with E-state index in [-0.39, 0.29) is 5.91 Å². The second kappa shape index (κ2) is 6.80. The molecule has 0 bridgehead atoms. The smallest absolute Gasteiger partial charge is 0.225 e. The van der Waals surface area contributed by atoms with E-state index in [0.29, 0.717) is 19.1 Å². The first kappa shape index (κ1) is 12.5. The minimum Gasteiger partial charge on any atom is -0.381 e. The lowest BCUT2D eigenvalue weighted by atomic mass is 10.2. The number of piperazine rings is 1. The van der Waals surface area contributed by atoms with E-state index in [2.05, 4.69) is 19.2 Å². The van der Waals surface area contributed by atoms with Crippen LogP contribution in [0, 0.1) is 0 Å². The summed E-state index contributed by atoms with van der Waals surface area (Å²) in [4.78, 5) is 13.7. The van der Waals surface area contributed by atoms with Gasteiger partial charge >= 0.3 is 0 Å². The van der Waals surface area contributed by atoms with Gasteiger partial charge in [0, 0.05) is 32.3 Å². The molecule has 1 saturated heterocycles. The molecule has 1 amide bonds. The molecule has 0 aromatic rings. The van der Waals surface area contributed by atoms with E-state index in [9.17, 15) is 4.79 Å². The fourth-order valence-electron chi connectivity index (χ4n) is 1.76. The monoisotopic (exact) mass is 214 g/mol. The van der Waals surface area contributed by atoms with Gasteiger partial charge in [-0.25, -0.2) is 0 Å². The number of nitrogens with zero attached hydrogens (tertiary/aromatic N) is 1. The number of nitrogens with one attached hydrogen (secondary N) is 1. The highest BCUT2D eigenvalue weighted by molar-refractivity contribution is 5.76. The van der Waals surface area contributed by atoms with Crippen LogP contribution in [0.5, 0.6) is 0 Å². The zero-order valence-electron chi connectivity index (χ0n) is 9.79. The fourth-order valence-corrected chi connectivity index (χ4v) is 1.76. The van der Waals surface area contributed by atoms with Crippen molar-refractivity contribution < 1.29 is 9.53 Å². The molecule has 0 aliphatic carbocycles. The molecule has 1 heterocycles. The highest BCUT2D eigenvalue weighted by atomic mass is 16.5. The topological polar surface area (TPSA) is 41.6 Å². The fraction of sp³-hybridized carbons (Fsp3) is 0.909. The second-order valence-corrected chi connectivity index (χ2v) is 4.00. The summed E-state index contributed by atoms with van der Waals surface area (Å²) in [5.74, 6) is 0.222. The van der Waals surface area contributed by atoms with Crippen molar-refractivity contribution in [2.75, 3.05) is 32.8 Å². The van der Waals surface area contributed by atoms with Gasteiger partial charge in [0.2, 0.25) is 5.91 Å². The predicted molar refractivity (Wildman–Crippen MR) is 59.8 cm³/mol. The van der Waals surface area contributed by atoms with Gasteiger partial charge in [-0.05, 0) is 13.3 Å². The maximum Gasteiger partial charge on any atom is 0.225 e. The Balaban J connectivity index is 2.20. The van der Waals surface area contributed by atoms with E-state index < -0.39 is 0 Å². The Labute approximate surface area is 92.0 Å². The van der Waals surface area contributed by atoms with Gasteiger partial charge in [0.25, 0.3) is 0 Å². The first-order chi connectivity index (χ1) is 7.25. The molecule has 0 aromatic carbocycles. The van der Waals surface area contributed by atoms with Crippen molar-refractivity contribution in [2.45, 2.75) is 32.7 Å². The van der Waals surface area contributed by atoms with Crippen molar-refractivity contribution in [1.82, 2.24) is 10.2 Å². The maximum absolute atomic E-state index is 11.8. The summed E-state index contributed by atoms with van der Waals surface area (Å²) in [6, 6.07) is 0.317. The normalized spacial score (nSPS) is 21.7. The van der Waals surface area contributed by atoms with Gasteiger partial charge in [-0.2, -0.15) is 0 Å². The molecule has 4 nitrogen and oxygen atoms in total. The molecular weight excluding hydrogens is 192 g/mol. The van der Waals surface area contributed by atoms with Crippen LogP contribution in [-0.4, -0.2) is 49.7 Å². The highest BCUT2D eigenvalue weighted by Gasteiger charge is 2.22. The number of amides is 1. The standard InChI is InChI=1S/C11H22N2O2/c1-3-7-15-8-4-11(14)13-6-5-12-9-10(13)2/h10,12H,3-9H2,1-2H3/t10-/m0/s1. The lowest BCUT2D eigenvalue weighted by molar-refractivity contribution is -0.135. The first-order valence-corrected chi connectivity index (χ1v) is 5.83. The highest BCUT2D eigenvalue weighted by Crippen LogP contribution is 2.04. The summed E-state index contributed by atoms with van der Waals surface area (Å²) >= 11 is 0. The minimum absolute atomic E-state index is 0.222. The Morgan fingerprint density at radius 2 is 2.33 bits per heavy atom. The quantitative estimate of drug-likeness (QED) is 0.682. The molecule has 1 aliphatic rings. The van der Waals surface area contributed by atoms with Crippen molar-refractivity contribution in [1.29, 1.82) is 0 Å². The summed E-state index contributed by atoms with van der Waals surface area (Å²) in [5.41, 5.74) is 0. The van der Waals surface area contributed by atoms with Gasteiger partial charge in [-0.3, -0.25) is 4.79 Å². The van der Waals surface area contributed by atoms with Crippen molar-refractivity contribution in [3.05, 3.63) is 0 Å². The molecule has 0 saturated carbocycles. The van der Waals surface area contributed by atoms with Crippen molar-refractivity contribution in [3.63, 3.8) is 0 Å². The molecule has 1 rings (SSSR count). The molecular formula is C11H22N2O2. The molecule has 0 unspecified atom stereocenters. The minimum atomic E-state index is 0.222. The van der Waals surface area contributed by atoms with Gasteiger partial charge in [0.1, 0.15) is 0 Å². The van der Waals surface area contributed by atoms with E-state index in [1.54, 1.807) is 0 Å². The Morgan fingerprint density at radius 1 is 1.53 bits per heavy atom. The Morgan fingerprint density at radius 3 is 3.00 bits per heavy atom. The van der Waals surface area contributed by atoms with E-state index in [1.807, 2.05) is 4.90 Å². The van der Waals surface area contributed by atoms with Gasteiger partial charge in [0.05, 0.1) is 13.0 Å². The Hall–Kier alpha value is -0.610. The van der Waals surface area contributed by atoms with Crippen molar-refractivity contribution in [2.24, 2.45) is 0 Å². The molecule has 1 atom stereocenters. The van der Waals surface area contributed by atoms with Crippen LogP contribution in [0.15, 0.2) is 0 Å². The molecule has 15 heavy (non-hydrogen) atoms. The largest absolute Gasteiger partial charge is 0.381 e. The number of hydrogen-bond donors (Lipinski definition) is 1. The number of hydrogen-bond acceptors (Lipinski definition) is 3. The van der Waals surface area contributed by atoms with Gasteiger partial charge in [-0.15, -0.1) is 0 Å². The van der Waals surface area contributed by atoms with Gasteiger partial charge in [-0.1, -0.05) is 6.92 Å². The number of rotatable bonds is 5. The van der Waals surface area contributed by atoms with Crippen LogP contribution in [0.2, 0.25) is 0 Å². The average molecular weight is 214 g/mol. The molecule has 0 radical (unpaired) electrons. The van der Waals surface area contributed by atoms with E-state index in [4.69, 9.17) is 4.74 Å². The molecule has 88 valence electrons. The summed E-state index contributed by atoms with van der Waals surface area (Å²) in [6.07, 6.45) is 1.53.